The number of hydrogen-bond acceptors (Lipinski definition) is 1. The van der Waals surface area contributed by atoms with Crippen LogP contribution in [0.15, 0.2) is 30.3 Å². The molecule has 2 rings (SSSR count). The van der Waals surface area contributed by atoms with E-state index in [9.17, 15) is 5.11 Å². The lowest BCUT2D eigenvalue weighted by Gasteiger charge is -2.21. The van der Waals surface area contributed by atoms with Crippen molar-refractivity contribution in [2.75, 3.05) is 0 Å². The maximum atomic E-state index is 10.7. The summed E-state index contributed by atoms with van der Waals surface area (Å²) in [5.41, 5.74) is 6.41. The number of hydrogen-bond donors (Lipinski definition) is 1. The zero-order chi connectivity index (χ0) is 14.2. The van der Waals surface area contributed by atoms with E-state index in [1.807, 2.05) is 24.3 Å². The van der Waals surface area contributed by atoms with E-state index in [4.69, 9.17) is 11.6 Å². The first kappa shape index (κ1) is 14.1. The van der Waals surface area contributed by atoms with Crippen LogP contribution >= 0.6 is 11.6 Å². The lowest BCUT2D eigenvalue weighted by Crippen LogP contribution is -2.07. The van der Waals surface area contributed by atoms with Crippen LogP contribution in [0.25, 0.3) is 0 Å². The Bertz CT molecular complexity index is 591. The van der Waals surface area contributed by atoms with Crippen LogP contribution in [-0.4, -0.2) is 5.11 Å². The summed E-state index contributed by atoms with van der Waals surface area (Å²) in [6, 6.07) is 9.63. The SMILES string of the molecule is Cc1cc(C)c(C)c(C(O)c2ccccc2Cl)c1C. The van der Waals surface area contributed by atoms with Gasteiger partial charge >= 0.3 is 0 Å². The van der Waals surface area contributed by atoms with Gasteiger partial charge in [-0.15, -0.1) is 0 Å². The third kappa shape index (κ3) is 2.54. The van der Waals surface area contributed by atoms with E-state index in [-0.39, 0.29) is 0 Å². The molecule has 19 heavy (non-hydrogen) atoms. The van der Waals surface area contributed by atoms with Gasteiger partial charge < -0.3 is 5.11 Å². The summed E-state index contributed by atoms with van der Waals surface area (Å²) in [5, 5.41) is 11.3. The van der Waals surface area contributed by atoms with Crippen LogP contribution in [0, 0.1) is 27.7 Å². The number of halogens is 1. The van der Waals surface area contributed by atoms with Gasteiger partial charge in [0.05, 0.1) is 0 Å². The molecule has 100 valence electrons. The molecule has 0 heterocycles. The molecule has 0 aliphatic rings. The Kier molecular flexibility index (Phi) is 3.98. The number of benzene rings is 2. The molecule has 0 saturated carbocycles. The molecule has 2 heteroatoms. The van der Waals surface area contributed by atoms with Crippen molar-refractivity contribution in [3.05, 3.63) is 68.7 Å². The molecular weight excluding hydrogens is 256 g/mol. The molecule has 0 aliphatic carbocycles. The topological polar surface area (TPSA) is 20.2 Å². The maximum absolute atomic E-state index is 10.7. The second kappa shape index (κ2) is 5.36. The fraction of sp³-hybridized carbons (Fsp3) is 0.294. The molecule has 2 aromatic rings. The number of aliphatic hydroxyl groups excluding tert-OH is 1. The molecule has 1 nitrogen and oxygen atoms in total. The fourth-order valence-corrected chi connectivity index (χ4v) is 2.75. The minimum atomic E-state index is -0.674. The normalized spacial score (nSPS) is 12.5. The number of rotatable bonds is 2. The van der Waals surface area contributed by atoms with Crippen LogP contribution in [0.5, 0.6) is 0 Å². The quantitative estimate of drug-likeness (QED) is 0.845. The van der Waals surface area contributed by atoms with Crippen molar-refractivity contribution < 1.29 is 5.11 Å². The first-order valence-corrected chi connectivity index (χ1v) is 6.81. The second-order valence-corrected chi connectivity index (χ2v) is 5.51. The molecule has 1 N–H and O–H groups in total. The standard InChI is InChI=1S/C17H19ClO/c1-10-9-11(2)13(4)16(12(10)3)17(19)14-7-5-6-8-15(14)18/h5-9,17,19H,1-4H3. The summed E-state index contributed by atoms with van der Waals surface area (Å²) in [6.07, 6.45) is -0.674. The molecule has 0 saturated heterocycles. The molecule has 1 atom stereocenters. The smallest absolute Gasteiger partial charge is 0.106 e. The molecule has 0 fully saturated rings. The Morgan fingerprint density at radius 3 is 2.00 bits per heavy atom. The van der Waals surface area contributed by atoms with Crippen molar-refractivity contribution in [2.45, 2.75) is 33.8 Å². The Morgan fingerprint density at radius 1 is 0.947 bits per heavy atom. The van der Waals surface area contributed by atoms with Crippen LogP contribution in [-0.2, 0) is 0 Å². The van der Waals surface area contributed by atoms with Crippen LogP contribution in [0.1, 0.15) is 39.5 Å². The molecular formula is C17H19ClO. The number of aliphatic hydroxyl groups is 1. The zero-order valence-electron chi connectivity index (χ0n) is 11.8. The van der Waals surface area contributed by atoms with Gasteiger partial charge in [-0.3, -0.25) is 0 Å². The maximum Gasteiger partial charge on any atom is 0.106 e. The van der Waals surface area contributed by atoms with Crippen molar-refractivity contribution in [3.8, 4) is 0 Å². The monoisotopic (exact) mass is 274 g/mol. The average Bonchev–Trinajstić information content (AvgIpc) is 2.37. The summed E-state index contributed by atoms with van der Waals surface area (Å²) in [6.45, 7) is 8.25. The summed E-state index contributed by atoms with van der Waals surface area (Å²) < 4.78 is 0. The highest BCUT2D eigenvalue weighted by Gasteiger charge is 2.19. The van der Waals surface area contributed by atoms with Crippen molar-refractivity contribution in [2.24, 2.45) is 0 Å². The fourth-order valence-electron chi connectivity index (χ4n) is 2.51. The largest absolute Gasteiger partial charge is 0.384 e. The van der Waals surface area contributed by atoms with E-state index < -0.39 is 6.10 Å². The predicted molar refractivity (Wildman–Crippen MR) is 80.9 cm³/mol. The van der Waals surface area contributed by atoms with Crippen molar-refractivity contribution >= 4 is 11.6 Å². The van der Waals surface area contributed by atoms with Crippen LogP contribution < -0.4 is 0 Å². The Labute approximate surface area is 119 Å². The Hall–Kier alpha value is -1.31. The summed E-state index contributed by atoms with van der Waals surface area (Å²) >= 11 is 6.19. The van der Waals surface area contributed by atoms with Gasteiger partial charge in [-0.05, 0) is 61.6 Å². The lowest BCUT2D eigenvalue weighted by atomic mass is 9.88. The molecule has 1 unspecified atom stereocenters. The molecule has 2 aromatic carbocycles. The lowest BCUT2D eigenvalue weighted by molar-refractivity contribution is 0.218. The van der Waals surface area contributed by atoms with Crippen molar-refractivity contribution in [3.63, 3.8) is 0 Å². The van der Waals surface area contributed by atoms with E-state index in [1.165, 1.54) is 11.1 Å². The Morgan fingerprint density at radius 2 is 1.47 bits per heavy atom. The van der Waals surface area contributed by atoms with E-state index in [0.717, 1.165) is 22.3 Å². The molecule has 0 aliphatic heterocycles. The minimum absolute atomic E-state index is 0.605. The van der Waals surface area contributed by atoms with E-state index in [0.29, 0.717) is 5.02 Å². The van der Waals surface area contributed by atoms with Crippen molar-refractivity contribution in [1.82, 2.24) is 0 Å². The van der Waals surface area contributed by atoms with Gasteiger partial charge in [-0.25, -0.2) is 0 Å². The first-order valence-electron chi connectivity index (χ1n) is 6.43. The third-order valence-corrected chi connectivity index (χ3v) is 4.24. The molecule has 0 bridgehead atoms. The highest BCUT2D eigenvalue weighted by Crippen LogP contribution is 2.34. The molecule has 0 radical (unpaired) electrons. The first-order chi connectivity index (χ1) is 8.93. The summed E-state index contributed by atoms with van der Waals surface area (Å²) in [7, 11) is 0. The second-order valence-electron chi connectivity index (χ2n) is 5.10. The van der Waals surface area contributed by atoms with E-state index in [2.05, 4.69) is 33.8 Å². The average molecular weight is 275 g/mol. The van der Waals surface area contributed by atoms with Gasteiger partial charge in [0.25, 0.3) is 0 Å². The van der Waals surface area contributed by atoms with Gasteiger partial charge in [0.15, 0.2) is 0 Å². The van der Waals surface area contributed by atoms with Gasteiger partial charge in [0, 0.05) is 10.6 Å². The van der Waals surface area contributed by atoms with Crippen LogP contribution in [0.4, 0.5) is 0 Å². The highest BCUT2D eigenvalue weighted by atomic mass is 35.5. The van der Waals surface area contributed by atoms with Gasteiger partial charge in [0.1, 0.15) is 6.10 Å². The van der Waals surface area contributed by atoms with E-state index >= 15 is 0 Å². The van der Waals surface area contributed by atoms with Gasteiger partial charge in [-0.1, -0.05) is 35.9 Å². The van der Waals surface area contributed by atoms with E-state index in [1.54, 1.807) is 0 Å². The van der Waals surface area contributed by atoms with Crippen LogP contribution in [0.2, 0.25) is 5.02 Å². The predicted octanol–water partition coefficient (Wildman–Crippen LogP) is 4.66. The van der Waals surface area contributed by atoms with Gasteiger partial charge in [0.2, 0.25) is 0 Å². The Balaban J connectivity index is 2.63. The molecule has 0 aromatic heterocycles. The zero-order valence-corrected chi connectivity index (χ0v) is 12.5. The summed E-state index contributed by atoms with van der Waals surface area (Å²) in [4.78, 5) is 0. The molecule has 0 amide bonds. The summed E-state index contributed by atoms with van der Waals surface area (Å²) in [5.74, 6) is 0. The minimum Gasteiger partial charge on any atom is -0.384 e. The van der Waals surface area contributed by atoms with Gasteiger partial charge in [-0.2, -0.15) is 0 Å². The number of aryl methyl sites for hydroxylation is 2. The van der Waals surface area contributed by atoms with Crippen molar-refractivity contribution in [1.29, 1.82) is 0 Å². The van der Waals surface area contributed by atoms with Crippen LogP contribution in [0.3, 0.4) is 0 Å². The highest BCUT2D eigenvalue weighted by molar-refractivity contribution is 6.31. The third-order valence-electron chi connectivity index (χ3n) is 3.90. The molecule has 0 spiro atoms.